The van der Waals surface area contributed by atoms with E-state index in [0.29, 0.717) is 21.7 Å². The topological polar surface area (TPSA) is 99.3 Å². The number of carbonyl (C=O) groups excluding carboxylic acids is 3. The van der Waals surface area contributed by atoms with Gasteiger partial charge >= 0.3 is 0 Å². The van der Waals surface area contributed by atoms with E-state index < -0.39 is 5.91 Å². The highest BCUT2D eigenvalue weighted by atomic mass is 32.1. The van der Waals surface area contributed by atoms with Crippen LogP contribution in [0.25, 0.3) is 0 Å². The fourth-order valence-corrected chi connectivity index (χ4v) is 3.25. The summed E-state index contributed by atoms with van der Waals surface area (Å²) in [4.78, 5) is 36.9. The number of hydrazine groups is 1. The minimum Gasteiger partial charge on any atom is -0.322 e. The zero-order chi connectivity index (χ0) is 21.5. The molecule has 0 spiro atoms. The van der Waals surface area contributed by atoms with Crippen LogP contribution in [-0.2, 0) is 0 Å². The number of nitrogens with one attached hydrogen (secondary N) is 4. The summed E-state index contributed by atoms with van der Waals surface area (Å²) < 4.78 is 0. The molecule has 7 nitrogen and oxygen atoms in total. The zero-order valence-electron chi connectivity index (χ0n) is 15.9. The van der Waals surface area contributed by atoms with Gasteiger partial charge in [0.25, 0.3) is 17.7 Å². The smallest absolute Gasteiger partial charge is 0.269 e. The van der Waals surface area contributed by atoms with Crippen molar-refractivity contribution in [2.75, 3.05) is 5.32 Å². The van der Waals surface area contributed by atoms with Crippen molar-refractivity contribution in [1.29, 1.82) is 0 Å². The van der Waals surface area contributed by atoms with E-state index in [0.717, 1.165) is 5.56 Å². The quantitative estimate of drug-likeness (QED) is 0.370. The average molecular weight is 439 g/mol. The number of thiocarbonyl (C=S) groups is 1. The second-order valence-electron chi connectivity index (χ2n) is 6.24. The summed E-state index contributed by atoms with van der Waals surface area (Å²) in [5.74, 6) is -1.03. The van der Waals surface area contributed by atoms with Crippen LogP contribution in [0.4, 0.5) is 5.69 Å². The van der Waals surface area contributed by atoms with Gasteiger partial charge in [0.2, 0.25) is 0 Å². The van der Waals surface area contributed by atoms with E-state index >= 15 is 0 Å². The molecule has 0 saturated carbocycles. The molecule has 4 N–H and O–H groups in total. The van der Waals surface area contributed by atoms with Gasteiger partial charge in [-0.15, -0.1) is 11.3 Å². The molecule has 0 bridgehead atoms. The van der Waals surface area contributed by atoms with Crippen molar-refractivity contribution in [3.8, 4) is 0 Å². The van der Waals surface area contributed by atoms with E-state index in [1.54, 1.807) is 53.9 Å². The molecule has 1 aromatic heterocycles. The fourth-order valence-electron chi connectivity index (χ4n) is 2.48. The molecule has 0 fully saturated rings. The maximum absolute atomic E-state index is 12.3. The molecular weight excluding hydrogens is 420 g/mol. The number of hydrogen-bond acceptors (Lipinski definition) is 5. The van der Waals surface area contributed by atoms with Crippen LogP contribution in [-0.4, -0.2) is 22.8 Å². The Morgan fingerprint density at radius 3 is 2.27 bits per heavy atom. The Bertz CT molecular complexity index is 1080. The first kappa shape index (κ1) is 21.2. The van der Waals surface area contributed by atoms with Gasteiger partial charge in [0.1, 0.15) is 0 Å². The third kappa shape index (κ3) is 5.72. The summed E-state index contributed by atoms with van der Waals surface area (Å²) in [5.41, 5.74) is 7.35. The summed E-state index contributed by atoms with van der Waals surface area (Å²) in [6.07, 6.45) is 0. The number of anilines is 1. The summed E-state index contributed by atoms with van der Waals surface area (Å²) in [6.45, 7) is 1.91. The van der Waals surface area contributed by atoms with Gasteiger partial charge in [-0.05, 0) is 67.0 Å². The molecule has 9 heteroatoms. The minimum atomic E-state index is -0.445. The number of carbonyl (C=O) groups is 3. The van der Waals surface area contributed by atoms with Crippen molar-refractivity contribution in [1.82, 2.24) is 16.2 Å². The Morgan fingerprint density at radius 1 is 0.833 bits per heavy atom. The maximum Gasteiger partial charge on any atom is 0.269 e. The average Bonchev–Trinajstić information content (AvgIpc) is 3.27. The third-order valence-corrected chi connectivity index (χ3v) is 5.02. The van der Waals surface area contributed by atoms with Crippen LogP contribution in [0.1, 0.15) is 36.0 Å². The monoisotopic (exact) mass is 438 g/mol. The van der Waals surface area contributed by atoms with Crippen LogP contribution in [0.2, 0.25) is 0 Å². The molecule has 30 heavy (non-hydrogen) atoms. The lowest BCUT2D eigenvalue weighted by atomic mass is 10.1. The molecule has 3 rings (SSSR count). The molecule has 0 aliphatic rings. The number of rotatable bonds is 4. The number of aryl methyl sites for hydroxylation is 1. The summed E-state index contributed by atoms with van der Waals surface area (Å²) in [5, 5.41) is 7.01. The second kappa shape index (κ2) is 9.77. The van der Waals surface area contributed by atoms with E-state index in [2.05, 4.69) is 21.5 Å². The highest BCUT2D eigenvalue weighted by molar-refractivity contribution is 7.80. The van der Waals surface area contributed by atoms with Crippen LogP contribution in [0, 0.1) is 6.92 Å². The van der Waals surface area contributed by atoms with Gasteiger partial charge in [0.05, 0.1) is 4.88 Å². The van der Waals surface area contributed by atoms with Gasteiger partial charge < -0.3 is 5.32 Å². The minimum absolute atomic E-state index is 0.0243. The zero-order valence-corrected chi connectivity index (χ0v) is 17.5. The SMILES string of the molecule is Cc1cccc(C(=O)Nc2ccc(C(=O)NNC(=S)NC(=O)c3cccs3)cc2)c1. The highest BCUT2D eigenvalue weighted by Gasteiger charge is 2.11. The van der Waals surface area contributed by atoms with Crippen LogP contribution < -0.4 is 21.5 Å². The van der Waals surface area contributed by atoms with E-state index in [-0.39, 0.29) is 16.9 Å². The first-order valence-corrected chi connectivity index (χ1v) is 10.1. The van der Waals surface area contributed by atoms with Gasteiger partial charge in [-0.1, -0.05) is 23.8 Å². The molecule has 0 unspecified atom stereocenters. The molecule has 152 valence electrons. The molecule has 1 heterocycles. The third-order valence-electron chi connectivity index (χ3n) is 3.95. The second-order valence-corrected chi connectivity index (χ2v) is 7.60. The lowest BCUT2D eigenvalue weighted by Crippen LogP contribution is -2.48. The van der Waals surface area contributed by atoms with Crippen molar-refractivity contribution in [2.24, 2.45) is 0 Å². The fraction of sp³-hybridized carbons (Fsp3) is 0.0476. The number of benzene rings is 2. The normalized spacial score (nSPS) is 10.0. The Kier molecular flexibility index (Phi) is 6.89. The van der Waals surface area contributed by atoms with Crippen molar-refractivity contribution in [3.05, 3.63) is 87.6 Å². The first-order valence-electron chi connectivity index (χ1n) is 8.85. The van der Waals surface area contributed by atoms with E-state index in [4.69, 9.17) is 12.2 Å². The van der Waals surface area contributed by atoms with Crippen molar-refractivity contribution >= 4 is 52.1 Å². The van der Waals surface area contributed by atoms with Crippen molar-refractivity contribution in [2.45, 2.75) is 6.92 Å². The number of amides is 3. The predicted molar refractivity (Wildman–Crippen MR) is 121 cm³/mol. The predicted octanol–water partition coefficient (Wildman–Crippen LogP) is 3.26. The van der Waals surface area contributed by atoms with Gasteiger partial charge in [-0.3, -0.25) is 30.6 Å². The maximum atomic E-state index is 12.3. The standard InChI is InChI=1S/C21H18N4O3S2/c1-13-4-2-5-15(12-13)18(26)22-16-9-7-14(8-10-16)19(27)24-25-21(29)23-20(28)17-6-3-11-30-17/h2-12H,1H3,(H,22,26)(H,24,27)(H2,23,25,28,29). The van der Waals surface area contributed by atoms with Crippen molar-refractivity contribution in [3.63, 3.8) is 0 Å². The molecule has 3 aromatic rings. The number of thiophene rings is 1. The molecule has 0 radical (unpaired) electrons. The lowest BCUT2D eigenvalue weighted by molar-refractivity contribution is 0.0935. The Morgan fingerprint density at radius 2 is 1.60 bits per heavy atom. The molecule has 0 aliphatic heterocycles. The Hall–Kier alpha value is -3.56. The summed E-state index contributed by atoms with van der Waals surface area (Å²) >= 11 is 6.28. The Labute approximate surface area is 182 Å². The van der Waals surface area contributed by atoms with Gasteiger partial charge in [-0.25, -0.2) is 0 Å². The molecular formula is C21H18N4O3S2. The largest absolute Gasteiger partial charge is 0.322 e. The summed E-state index contributed by atoms with van der Waals surface area (Å²) in [7, 11) is 0. The van der Waals surface area contributed by atoms with E-state index in [9.17, 15) is 14.4 Å². The molecule has 0 atom stereocenters. The highest BCUT2D eigenvalue weighted by Crippen LogP contribution is 2.12. The van der Waals surface area contributed by atoms with E-state index in [1.807, 2.05) is 19.1 Å². The Balaban J connectivity index is 1.50. The van der Waals surface area contributed by atoms with Crippen LogP contribution >= 0.6 is 23.6 Å². The van der Waals surface area contributed by atoms with Gasteiger partial charge in [-0.2, -0.15) is 0 Å². The van der Waals surface area contributed by atoms with Crippen molar-refractivity contribution < 1.29 is 14.4 Å². The van der Waals surface area contributed by atoms with Gasteiger partial charge in [0.15, 0.2) is 5.11 Å². The first-order chi connectivity index (χ1) is 14.4. The van der Waals surface area contributed by atoms with E-state index in [1.165, 1.54) is 11.3 Å². The van der Waals surface area contributed by atoms with Crippen LogP contribution in [0.5, 0.6) is 0 Å². The molecule has 0 aliphatic carbocycles. The van der Waals surface area contributed by atoms with Gasteiger partial charge in [0, 0.05) is 16.8 Å². The number of hydrogen-bond donors (Lipinski definition) is 4. The molecule has 3 amide bonds. The van der Waals surface area contributed by atoms with Crippen LogP contribution in [0.3, 0.4) is 0 Å². The molecule has 0 saturated heterocycles. The summed E-state index contributed by atoms with van der Waals surface area (Å²) in [6, 6.07) is 17.1. The molecule has 2 aromatic carbocycles. The van der Waals surface area contributed by atoms with Crippen LogP contribution in [0.15, 0.2) is 66.0 Å². The lowest BCUT2D eigenvalue weighted by Gasteiger charge is -2.11.